The largest absolute Gasteiger partial charge is 0.487 e. The van der Waals surface area contributed by atoms with Crippen LogP contribution in [0.5, 0.6) is 5.75 Å². The van der Waals surface area contributed by atoms with Gasteiger partial charge in [-0.1, -0.05) is 35.3 Å². The molecule has 1 aromatic carbocycles. The fourth-order valence-electron chi connectivity index (χ4n) is 1.47. The number of benzene rings is 1. The molecule has 2 aromatic rings. The highest BCUT2D eigenvalue weighted by molar-refractivity contribution is 6.31. The zero-order valence-electron chi connectivity index (χ0n) is 9.57. The first-order valence-electron chi connectivity index (χ1n) is 5.40. The number of hydrogen-bond donors (Lipinski definition) is 1. The first kappa shape index (κ1) is 13.1. The van der Waals surface area contributed by atoms with Crippen molar-refractivity contribution >= 4 is 23.2 Å². The molecule has 0 aliphatic carbocycles. The van der Waals surface area contributed by atoms with Crippen LogP contribution in [0.2, 0.25) is 10.0 Å². The van der Waals surface area contributed by atoms with E-state index in [0.29, 0.717) is 28.9 Å². The number of nitrogens with two attached hydrogens (primary N) is 1. The molecule has 0 saturated carbocycles. The minimum atomic E-state index is 0.367. The van der Waals surface area contributed by atoms with Crippen molar-refractivity contribution in [1.82, 2.24) is 4.98 Å². The molecule has 0 aliphatic heterocycles. The number of nitrogens with zero attached hydrogens (tertiary/aromatic N) is 1. The third kappa shape index (κ3) is 3.35. The van der Waals surface area contributed by atoms with Crippen LogP contribution < -0.4 is 10.5 Å². The lowest BCUT2D eigenvalue weighted by Crippen LogP contribution is -2.00. The zero-order valence-corrected chi connectivity index (χ0v) is 11.1. The second-order valence-corrected chi connectivity index (χ2v) is 4.60. The third-order valence-corrected chi connectivity index (χ3v) is 2.99. The number of rotatable bonds is 4. The van der Waals surface area contributed by atoms with Gasteiger partial charge in [-0.15, -0.1) is 0 Å². The second-order valence-electron chi connectivity index (χ2n) is 3.76. The number of hydrogen-bond acceptors (Lipinski definition) is 3. The summed E-state index contributed by atoms with van der Waals surface area (Å²) in [5, 5.41) is 1.19. The maximum absolute atomic E-state index is 6.13. The van der Waals surface area contributed by atoms with Gasteiger partial charge < -0.3 is 10.5 Å². The first-order chi connectivity index (χ1) is 8.69. The third-order valence-electron chi connectivity index (χ3n) is 2.43. The fourth-order valence-corrected chi connectivity index (χ4v) is 1.89. The topological polar surface area (TPSA) is 48.1 Å². The molecule has 5 heteroatoms. The van der Waals surface area contributed by atoms with Crippen molar-refractivity contribution < 1.29 is 4.74 Å². The lowest BCUT2D eigenvalue weighted by molar-refractivity contribution is 0.305. The van der Waals surface area contributed by atoms with Crippen LogP contribution in [0.3, 0.4) is 0 Å². The molecule has 0 aliphatic rings. The summed E-state index contributed by atoms with van der Waals surface area (Å²) in [4.78, 5) is 3.94. The molecular weight excluding hydrogens is 271 g/mol. The van der Waals surface area contributed by atoms with Gasteiger partial charge in [-0.25, -0.2) is 0 Å². The predicted octanol–water partition coefficient (Wildman–Crippen LogP) is 3.43. The molecule has 3 nitrogen and oxygen atoms in total. The smallest absolute Gasteiger partial charge is 0.139 e. The molecule has 0 fully saturated rings. The van der Waals surface area contributed by atoms with E-state index in [-0.39, 0.29) is 0 Å². The number of pyridine rings is 1. The van der Waals surface area contributed by atoms with Crippen molar-refractivity contribution in [2.75, 3.05) is 0 Å². The van der Waals surface area contributed by atoms with Crippen molar-refractivity contribution in [3.8, 4) is 5.75 Å². The molecule has 18 heavy (non-hydrogen) atoms. The van der Waals surface area contributed by atoms with E-state index in [1.165, 1.54) is 0 Å². The Labute approximate surface area is 115 Å². The van der Waals surface area contributed by atoms with Crippen LogP contribution in [0.15, 0.2) is 36.7 Å². The SMILES string of the molecule is NCc1ccc(COc2cncc(Cl)c2)c(Cl)c1. The molecule has 0 unspecified atom stereocenters. The quantitative estimate of drug-likeness (QED) is 0.935. The van der Waals surface area contributed by atoms with Gasteiger partial charge in [0.2, 0.25) is 0 Å². The molecular formula is C13H12Cl2N2O. The van der Waals surface area contributed by atoms with Crippen molar-refractivity contribution in [3.05, 3.63) is 57.8 Å². The van der Waals surface area contributed by atoms with E-state index in [9.17, 15) is 0 Å². The van der Waals surface area contributed by atoms with Gasteiger partial charge in [-0.2, -0.15) is 0 Å². The van der Waals surface area contributed by atoms with Crippen molar-refractivity contribution in [2.24, 2.45) is 5.73 Å². The molecule has 0 saturated heterocycles. The second kappa shape index (κ2) is 6.05. The van der Waals surface area contributed by atoms with E-state index >= 15 is 0 Å². The molecule has 0 bridgehead atoms. The summed E-state index contributed by atoms with van der Waals surface area (Å²) in [5.74, 6) is 0.612. The summed E-state index contributed by atoms with van der Waals surface area (Å²) < 4.78 is 5.56. The monoisotopic (exact) mass is 282 g/mol. The Morgan fingerprint density at radius 2 is 2.00 bits per heavy atom. The van der Waals surface area contributed by atoms with E-state index in [2.05, 4.69) is 4.98 Å². The van der Waals surface area contributed by atoms with E-state index in [4.69, 9.17) is 33.7 Å². The Morgan fingerprint density at radius 3 is 2.67 bits per heavy atom. The lowest BCUT2D eigenvalue weighted by Gasteiger charge is -2.08. The molecule has 2 rings (SSSR count). The fraction of sp³-hybridized carbons (Fsp3) is 0.154. The average Bonchev–Trinajstić information content (AvgIpc) is 2.37. The summed E-state index contributed by atoms with van der Waals surface area (Å²) in [6.45, 7) is 0.838. The summed E-state index contributed by atoms with van der Waals surface area (Å²) in [5.41, 5.74) is 7.43. The van der Waals surface area contributed by atoms with Gasteiger partial charge in [-0.05, 0) is 11.6 Å². The highest BCUT2D eigenvalue weighted by Gasteiger charge is 2.03. The highest BCUT2D eigenvalue weighted by Crippen LogP contribution is 2.21. The summed E-state index contributed by atoms with van der Waals surface area (Å²) >= 11 is 11.9. The van der Waals surface area contributed by atoms with Gasteiger partial charge in [0.1, 0.15) is 12.4 Å². The molecule has 0 amide bonds. The first-order valence-corrected chi connectivity index (χ1v) is 6.15. The van der Waals surface area contributed by atoms with Gasteiger partial charge in [-0.3, -0.25) is 4.98 Å². The Balaban J connectivity index is 2.06. The van der Waals surface area contributed by atoms with E-state index in [1.807, 2.05) is 18.2 Å². The van der Waals surface area contributed by atoms with Crippen LogP contribution in [0.25, 0.3) is 0 Å². The Bertz CT molecular complexity index is 546. The molecule has 0 radical (unpaired) electrons. The van der Waals surface area contributed by atoms with Crippen LogP contribution in [-0.4, -0.2) is 4.98 Å². The number of aromatic nitrogens is 1. The van der Waals surface area contributed by atoms with E-state index < -0.39 is 0 Å². The maximum Gasteiger partial charge on any atom is 0.139 e. The minimum Gasteiger partial charge on any atom is -0.487 e. The van der Waals surface area contributed by atoms with E-state index in [1.54, 1.807) is 18.5 Å². The van der Waals surface area contributed by atoms with Crippen LogP contribution >= 0.6 is 23.2 Å². The van der Waals surface area contributed by atoms with Gasteiger partial charge in [0, 0.05) is 29.4 Å². The van der Waals surface area contributed by atoms with Gasteiger partial charge in [0.15, 0.2) is 0 Å². The Morgan fingerprint density at radius 1 is 1.17 bits per heavy atom. The maximum atomic E-state index is 6.13. The number of ether oxygens (including phenoxy) is 1. The van der Waals surface area contributed by atoms with Crippen molar-refractivity contribution in [2.45, 2.75) is 13.2 Å². The zero-order chi connectivity index (χ0) is 13.0. The van der Waals surface area contributed by atoms with Crippen LogP contribution in [0.1, 0.15) is 11.1 Å². The van der Waals surface area contributed by atoms with Crippen LogP contribution in [-0.2, 0) is 13.2 Å². The normalized spacial score (nSPS) is 10.4. The molecule has 0 atom stereocenters. The molecule has 94 valence electrons. The van der Waals surface area contributed by atoms with Gasteiger partial charge >= 0.3 is 0 Å². The Kier molecular flexibility index (Phi) is 4.42. The van der Waals surface area contributed by atoms with Gasteiger partial charge in [0.25, 0.3) is 0 Å². The highest BCUT2D eigenvalue weighted by atomic mass is 35.5. The number of halogens is 2. The van der Waals surface area contributed by atoms with Gasteiger partial charge in [0.05, 0.1) is 11.2 Å². The summed E-state index contributed by atoms with van der Waals surface area (Å²) in [6, 6.07) is 7.39. The molecule has 1 heterocycles. The predicted molar refractivity (Wildman–Crippen MR) is 72.9 cm³/mol. The van der Waals surface area contributed by atoms with Crippen molar-refractivity contribution in [3.63, 3.8) is 0 Å². The van der Waals surface area contributed by atoms with Crippen LogP contribution in [0, 0.1) is 0 Å². The average molecular weight is 283 g/mol. The summed E-state index contributed by atoms with van der Waals surface area (Å²) in [6.07, 6.45) is 3.16. The minimum absolute atomic E-state index is 0.367. The van der Waals surface area contributed by atoms with Crippen LogP contribution in [0.4, 0.5) is 0 Å². The Hall–Kier alpha value is -1.29. The summed E-state index contributed by atoms with van der Waals surface area (Å²) in [7, 11) is 0. The van der Waals surface area contributed by atoms with Crippen molar-refractivity contribution in [1.29, 1.82) is 0 Å². The molecule has 1 aromatic heterocycles. The molecule has 0 spiro atoms. The standard InChI is InChI=1S/C13H12Cl2N2O/c14-11-4-12(7-17-6-11)18-8-10-2-1-9(5-16)3-13(10)15/h1-4,6-7H,5,8,16H2. The molecule has 2 N–H and O–H groups in total. The lowest BCUT2D eigenvalue weighted by atomic mass is 10.1. The van der Waals surface area contributed by atoms with E-state index in [0.717, 1.165) is 11.1 Å².